The van der Waals surface area contributed by atoms with E-state index in [-0.39, 0.29) is 6.61 Å². The molecule has 0 aliphatic carbocycles. The number of benzene rings is 1. The van der Waals surface area contributed by atoms with Crippen molar-refractivity contribution in [3.63, 3.8) is 0 Å². The molecular formula is C11H17NO2S. The van der Waals surface area contributed by atoms with E-state index in [9.17, 15) is 5.11 Å². The molecule has 0 heterocycles. The third-order valence-electron chi connectivity index (χ3n) is 2.08. The molecule has 1 unspecified atom stereocenters. The van der Waals surface area contributed by atoms with Crippen molar-refractivity contribution in [3.05, 3.63) is 29.8 Å². The summed E-state index contributed by atoms with van der Waals surface area (Å²) in [6.07, 6.45) is 0.247. The number of hydrogen-bond donors (Lipinski definition) is 3. The lowest BCUT2D eigenvalue weighted by molar-refractivity contribution is 0.205. The highest BCUT2D eigenvalue weighted by Crippen LogP contribution is 2.23. The number of thioether (sulfide) groups is 1. The highest BCUT2D eigenvalue weighted by molar-refractivity contribution is 7.99. The Kier molecular flexibility index (Phi) is 5.53. The third-order valence-corrected chi connectivity index (χ3v) is 3.21. The first kappa shape index (κ1) is 12.4. The first-order valence-electron chi connectivity index (χ1n) is 4.96. The second kappa shape index (κ2) is 6.71. The first-order chi connectivity index (χ1) is 7.25. The minimum Gasteiger partial charge on any atom is -0.398 e. The van der Waals surface area contributed by atoms with Crippen molar-refractivity contribution in [2.45, 2.75) is 12.5 Å². The Labute approximate surface area is 94.3 Å². The third kappa shape index (κ3) is 4.11. The number of nitrogen functional groups attached to an aromatic ring is 1. The molecular weight excluding hydrogens is 210 g/mol. The predicted octanol–water partition coefficient (Wildman–Crippen LogP) is 1.42. The number of hydrogen-bond acceptors (Lipinski definition) is 4. The van der Waals surface area contributed by atoms with Crippen LogP contribution in [0.25, 0.3) is 0 Å². The Morgan fingerprint density at radius 1 is 1.33 bits per heavy atom. The number of rotatable bonds is 6. The zero-order valence-electron chi connectivity index (χ0n) is 8.60. The van der Waals surface area contributed by atoms with Crippen molar-refractivity contribution < 1.29 is 10.2 Å². The summed E-state index contributed by atoms with van der Waals surface area (Å²) in [5.41, 5.74) is 7.16. The standard InChI is InChI=1S/C11H17NO2S/c12-10-5-2-1-4-9(10)11(14)8-15-7-3-6-13/h1-2,4-5,11,13-14H,3,6-8,12H2. The molecule has 0 spiro atoms. The van der Waals surface area contributed by atoms with E-state index in [4.69, 9.17) is 10.8 Å². The lowest BCUT2D eigenvalue weighted by Crippen LogP contribution is -2.05. The molecule has 0 radical (unpaired) electrons. The number of para-hydroxylation sites is 1. The molecule has 4 N–H and O–H groups in total. The van der Waals surface area contributed by atoms with Crippen molar-refractivity contribution in [2.24, 2.45) is 0 Å². The van der Waals surface area contributed by atoms with E-state index in [0.29, 0.717) is 11.4 Å². The molecule has 0 bridgehead atoms. The van der Waals surface area contributed by atoms with Gasteiger partial charge in [0.1, 0.15) is 0 Å². The molecule has 0 aliphatic rings. The lowest BCUT2D eigenvalue weighted by Gasteiger charge is -2.12. The van der Waals surface area contributed by atoms with Crippen molar-refractivity contribution in [1.82, 2.24) is 0 Å². The fourth-order valence-electron chi connectivity index (χ4n) is 1.27. The summed E-state index contributed by atoms with van der Waals surface area (Å²) >= 11 is 1.62. The smallest absolute Gasteiger partial charge is 0.0900 e. The van der Waals surface area contributed by atoms with Crippen molar-refractivity contribution >= 4 is 17.4 Å². The highest BCUT2D eigenvalue weighted by atomic mass is 32.2. The summed E-state index contributed by atoms with van der Waals surface area (Å²) in [5, 5.41) is 18.4. The van der Waals surface area contributed by atoms with Gasteiger partial charge in [0.15, 0.2) is 0 Å². The van der Waals surface area contributed by atoms with Gasteiger partial charge >= 0.3 is 0 Å². The van der Waals surface area contributed by atoms with Crippen LogP contribution in [0.15, 0.2) is 24.3 Å². The summed E-state index contributed by atoms with van der Waals surface area (Å²) in [4.78, 5) is 0. The molecule has 0 fully saturated rings. The van der Waals surface area contributed by atoms with E-state index in [1.165, 1.54) is 0 Å². The van der Waals surface area contributed by atoms with Gasteiger partial charge in [-0.25, -0.2) is 0 Å². The van der Waals surface area contributed by atoms with Crippen LogP contribution < -0.4 is 5.73 Å². The van der Waals surface area contributed by atoms with Crippen LogP contribution in [0.1, 0.15) is 18.1 Å². The van der Waals surface area contributed by atoms with Crippen molar-refractivity contribution in [3.8, 4) is 0 Å². The topological polar surface area (TPSA) is 66.5 Å². The minimum absolute atomic E-state index is 0.205. The molecule has 1 aromatic rings. The lowest BCUT2D eigenvalue weighted by atomic mass is 10.1. The average molecular weight is 227 g/mol. The first-order valence-corrected chi connectivity index (χ1v) is 6.12. The molecule has 4 heteroatoms. The molecule has 0 aromatic heterocycles. The maximum absolute atomic E-state index is 9.84. The molecule has 0 amide bonds. The van der Waals surface area contributed by atoms with Gasteiger partial charge in [-0.3, -0.25) is 0 Å². The average Bonchev–Trinajstić information content (AvgIpc) is 2.25. The SMILES string of the molecule is Nc1ccccc1C(O)CSCCCO. The second-order valence-electron chi connectivity index (χ2n) is 3.30. The van der Waals surface area contributed by atoms with Gasteiger partial charge in [0.25, 0.3) is 0 Å². The predicted molar refractivity (Wildman–Crippen MR) is 64.8 cm³/mol. The van der Waals surface area contributed by atoms with Crippen molar-refractivity contribution in [1.29, 1.82) is 0 Å². The normalized spacial score (nSPS) is 12.7. The molecule has 84 valence electrons. The van der Waals surface area contributed by atoms with E-state index in [2.05, 4.69) is 0 Å². The van der Waals surface area contributed by atoms with Crippen LogP contribution in [0.4, 0.5) is 5.69 Å². The largest absolute Gasteiger partial charge is 0.398 e. The number of anilines is 1. The van der Waals surface area contributed by atoms with Gasteiger partial charge in [-0.2, -0.15) is 11.8 Å². The minimum atomic E-state index is -0.519. The molecule has 0 saturated carbocycles. The molecule has 1 atom stereocenters. The Morgan fingerprint density at radius 3 is 2.73 bits per heavy atom. The van der Waals surface area contributed by atoms with Crippen LogP contribution in [0.2, 0.25) is 0 Å². The van der Waals surface area contributed by atoms with Crippen LogP contribution in [-0.4, -0.2) is 28.3 Å². The van der Waals surface area contributed by atoms with E-state index >= 15 is 0 Å². The van der Waals surface area contributed by atoms with Gasteiger partial charge in [0, 0.05) is 23.6 Å². The van der Waals surface area contributed by atoms with Gasteiger partial charge in [-0.15, -0.1) is 0 Å². The zero-order valence-corrected chi connectivity index (χ0v) is 9.41. The van der Waals surface area contributed by atoms with E-state index in [1.54, 1.807) is 17.8 Å². The fourth-order valence-corrected chi connectivity index (χ4v) is 2.17. The number of nitrogens with two attached hydrogens (primary N) is 1. The maximum atomic E-state index is 9.84. The Morgan fingerprint density at radius 2 is 2.07 bits per heavy atom. The molecule has 0 aliphatic heterocycles. The monoisotopic (exact) mass is 227 g/mol. The van der Waals surface area contributed by atoms with E-state index in [1.807, 2.05) is 18.2 Å². The van der Waals surface area contributed by atoms with Gasteiger partial charge in [0.2, 0.25) is 0 Å². The summed E-state index contributed by atoms with van der Waals surface area (Å²) in [5.74, 6) is 1.48. The number of aliphatic hydroxyl groups is 2. The Hall–Kier alpha value is -0.710. The van der Waals surface area contributed by atoms with Crippen LogP contribution in [0.5, 0.6) is 0 Å². The van der Waals surface area contributed by atoms with Crippen LogP contribution in [0.3, 0.4) is 0 Å². The molecule has 15 heavy (non-hydrogen) atoms. The van der Waals surface area contributed by atoms with Crippen LogP contribution >= 0.6 is 11.8 Å². The zero-order chi connectivity index (χ0) is 11.1. The van der Waals surface area contributed by atoms with Gasteiger partial charge < -0.3 is 15.9 Å². The van der Waals surface area contributed by atoms with Gasteiger partial charge in [-0.1, -0.05) is 18.2 Å². The fraction of sp³-hybridized carbons (Fsp3) is 0.455. The Bertz CT molecular complexity index is 294. The number of aliphatic hydroxyl groups excluding tert-OH is 2. The van der Waals surface area contributed by atoms with Gasteiger partial charge in [-0.05, 0) is 18.2 Å². The highest BCUT2D eigenvalue weighted by Gasteiger charge is 2.09. The quantitative estimate of drug-likeness (QED) is 0.508. The van der Waals surface area contributed by atoms with Crippen molar-refractivity contribution in [2.75, 3.05) is 23.8 Å². The second-order valence-corrected chi connectivity index (χ2v) is 4.45. The Balaban J connectivity index is 2.40. The molecule has 1 aromatic carbocycles. The summed E-state index contributed by atoms with van der Waals surface area (Å²) in [6.45, 7) is 0.205. The molecule has 3 nitrogen and oxygen atoms in total. The summed E-state index contributed by atoms with van der Waals surface area (Å²) in [6, 6.07) is 7.35. The van der Waals surface area contributed by atoms with E-state index in [0.717, 1.165) is 17.7 Å². The molecule has 1 rings (SSSR count). The van der Waals surface area contributed by atoms with Crippen LogP contribution in [0, 0.1) is 0 Å². The van der Waals surface area contributed by atoms with Gasteiger partial charge in [0.05, 0.1) is 6.10 Å². The maximum Gasteiger partial charge on any atom is 0.0900 e. The summed E-state index contributed by atoms with van der Waals surface area (Å²) in [7, 11) is 0. The van der Waals surface area contributed by atoms with Crippen LogP contribution in [-0.2, 0) is 0 Å². The summed E-state index contributed by atoms with van der Waals surface area (Å²) < 4.78 is 0. The molecule has 0 saturated heterocycles. The van der Waals surface area contributed by atoms with E-state index < -0.39 is 6.10 Å².